The lowest BCUT2D eigenvalue weighted by Crippen LogP contribution is -1.99. The zero-order valence-corrected chi connectivity index (χ0v) is 22.9. The van der Waals surface area contributed by atoms with Gasteiger partial charge in [-0.15, -0.1) is 0 Å². The van der Waals surface area contributed by atoms with Crippen molar-refractivity contribution in [3.8, 4) is 28.2 Å². The monoisotopic (exact) mass is 538 g/mol. The molecule has 0 saturated carbocycles. The van der Waals surface area contributed by atoms with E-state index in [0.717, 1.165) is 67.2 Å². The Morgan fingerprint density at radius 2 is 1.24 bits per heavy atom. The Morgan fingerprint density at radius 1 is 0.548 bits per heavy atom. The lowest BCUT2D eigenvalue weighted by atomic mass is 9.98. The first-order valence-electron chi connectivity index (χ1n) is 14.0. The van der Waals surface area contributed by atoms with Crippen molar-refractivity contribution in [1.82, 2.24) is 18.9 Å². The van der Waals surface area contributed by atoms with Gasteiger partial charge < -0.3 is 0 Å². The van der Waals surface area contributed by atoms with Gasteiger partial charge in [0, 0.05) is 22.0 Å². The van der Waals surface area contributed by atoms with E-state index in [0.29, 0.717) is 0 Å². The summed E-state index contributed by atoms with van der Waals surface area (Å²) in [6.07, 6.45) is 3.63. The van der Waals surface area contributed by atoms with Crippen LogP contribution in [0.5, 0.6) is 0 Å². The normalized spacial score (nSPS) is 11.5. The molecule has 0 amide bonds. The molecule has 0 unspecified atom stereocenters. The highest BCUT2D eigenvalue weighted by Crippen LogP contribution is 2.36. The number of para-hydroxylation sites is 4. The maximum atomic E-state index is 5.04. The second kappa shape index (κ2) is 9.43. The van der Waals surface area contributed by atoms with Crippen LogP contribution in [0.1, 0.15) is 11.4 Å². The standard InChI is InChI=1S/C38H26N4/c1-3-32-34(4-2)41(28-12-6-5-7-13-28)37(39-32)26-20-18-25(19-21-26)27-22-23-30-31(24-27)29-14-8-10-16-35(29)42-36-17-11-9-15-33(36)40-38(30)42/h3-24H,1-2H2. The molecule has 0 aliphatic carbocycles. The van der Waals surface area contributed by atoms with E-state index in [-0.39, 0.29) is 0 Å². The number of pyridine rings is 1. The minimum atomic E-state index is 0.812. The Kier molecular flexibility index (Phi) is 5.41. The summed E-state index contributed by atoms with van der Waals surface area (Å²) >= 11 is 0. The second-order valence-corrected chi connectivity index (χ2v) is 10.4. The molecule has 5 aromatic carbocycles. The Morgan fingerprint density at radius 3 is 2.02 bits per heavy atom. The summed E-state index contributed by atoms with van der Waals surface area (Å²) in [6.45, 7) is 8.03. The summed E-state index contributed by atoms with van der Waals surface area (Å²) in [4.78, 5) is 9.97. The minimum Gasteiger partial charge on any atom is -0.292 e. The smallest absolute Gasteiger partial charge is 0.146 e. The highest BCUT2D eigenvalue weighted by atomic mass is 15.1. The highest BCUT2D eigenvalue weighted by molar-refractivity contribution is 6.14. The molecular weight excluding hydrogens is 512 g/mol. The fraction of sp³-hybridized carbons (Fsp3) is 0. The van der Waals surface area contributed by atoms with Crippen molar-refractivity contribution in [2.24, 2.45) is 0 Å². The van der Waals surface area contributed by atoms with E-state index < -0.39 is 0 Å². The van der Waals surface area contributed by atoms with Gasteiger partial charge in [-0.3, -0.25) is 8.97 Å². The first-order chi connectivity index (χ1) is 20.7. The molecule has 0 radical (unpaired) electrons. The summed E-state index contributed by atoms with van der Waals surface area (Å²) in [5.74, 6) is 0.857. The van der Waals surface area contributed by atoms with E-state index in [9.17, 15) is 0 Å². The van der Waals surface area contributed by atoms with Crippen LogP contribution >= 0.6 is 0 Å². The molecule has 0 aliphatic rings. The van der Waals surface area contributed by atoms with E-state index in [1.165, 1.54) is 10.8 Å². The minimum absolute atomic E-state index is 0.812. The first kappa shape index (κ1) is 24.1. The van der Waals surface area contributed by atoms with E-state index >= 15 is 0 Å². The largest absolute Gasteiger partial charge is 0.292 e. The molecule has 8 aromatic rings. The molecule has 0 fully saturated rings. The molecule has 0 saturated heterocycles. The molecule has 0 aliphatic heterocycles. The predicted octanol–water partition coefficient (Wildman–Crippen LogP) is 9.60. The van der Waals surface area contributed by atoms with Crippen LogP contribution in [0, 0.1) is 0 Å². The SMILES string of the molecule is C=Cc1nc(-c2ccc(-c3ccc4c(c3)c3ccccc3n3c5ccccc5nc43)cc2)n(-c2ccccc2)c1C=C. The van der Waals surface area contributed by atoms with E-state index in [4.69, 9.17) is 9.97 Å². The summed E-state index contributed by atoms with van der Waals surface area (Å²) in [5.41, 5.74) is 10.4. The van der Waals surface area contributed by atoms with Crippen LogP contribution in [0.2, 0.25) is 0 Å². The number of hydrogen-bond acceptors (Lipinski definition) is 2. The van der Waals surface area contributed by atoms with Crippen molar-refractivity contribution < 1.29 is 0 Å². The summed E-state index contributed by atoms with van der Waals surface area (Å²) in [7, 11) is 0. The molecule has 4 nitrogen and oxygen atoms in total. The van der Waals surface area contributed by atoms with E-state index in [1.807, 2.05) is 30.3 Å². The van der Waals surface area contributed by atoms with Crippen LogP contribution < -0.4 is 0 Å². The molecule has 3 aromatic heterocycles. The van der Waals surface area contributed by atoms with Gasteiger partial charge in [-0.1, -0.05) is 92.0 Å². The fourth-order valence-corrected chi connectivity index (χ4v) is 6.13. The molecule has 42 heavy (non-hydrogen) atoms. The molecule has 0 spiro atoms. The van der Waals surface area contributed by atoms with Gasteiger partial charge in [-0.2, -0.15) is 0 Å². The maximum Gasteiger partial charge on any atom is 0.146 e. The number of hydrogen-bond donors (Lipinski definition) is 0. The molecule has 0 bridgehead atoms. The maximum absolute atomic E-state index is 5.04. The van der Waals surface area contributed by atoms with Crippen molar-refractivity contribution in [3.05, 3.63) is 146 Å². The van der Waals surface area contributed by atoms with Crippen molar-refractivity contribution in [3.63, 3.8) is 0 Å². The van der Waals surface area contributed by atoms with Gasteiger partial charge in [0.1, 0.15) is 11.5 Å². The zero-order valence-electron chi connectivity index (χ0n) is 22.9. The second-order valence-electron chi connectivity index (χ2n) is 10.4. The molecule has 198 valence electrons. The van der Waals surface area contributed by atoms with E-state index in [2.05, 4.69) is 119 Å². The number of imidazole rings is 2. The highest BCUT2D eigenvalue weighted by Gasteiger charge is 2.17. The third-order valence-corrected chi connectivity index (χ3v) is 8.08. The number of aromatic nitrogens is 4. The topological polar surface area (TPSA) is 35.1 Å². The summed E-state index contributed by atoms with van der Waals surface area (Å²) in [5, 5.41) is 3.55. The van der Waals surface area contributed by atoms with Crippen LogP contribution in [0.25, 0.3) is 78.7 Å². The molecule has 4 heteroatoms. The average Bonchev–Trinajstić information content (AvgIpc) is 3.64. The number of fused-ring (bicyclic) bond motifs is 8. The van der Waals surface area contributed by atoms with Gasteiger partial charge in [0.15, 0.2) is 0 Å². The van der Waals surface area contributed by atoms with Crippen LogP contribution in [0.3, 0.4) is 0 Å². The molecule has 0 atom stereocenters. The summed E-state index contributed by atoms with van der Waals surface area (Å²) < 4.78 is 4.42. The Labute approximate surface area is 243 Å². The van der Waals surface area contributed by atoms with E-state index in [1.54, 1.807) is 6.08 Å². The average molecular weight is 539 g/mol. The Balaban J connectivity index is 1.28. The summed E-state index contributed by atoms with van der Waals surface area (Å²) in [6, 6.07) is 42.5. The Bertz CT molecular complexity index is 2320. The van der Waals surface area contributed by atoms with Gasteiger partial charge in [-0.25, -0.2) is 9.97 Å². The van der Waals surface area contributed by atoms with Crippen molar-refractivity contribution in [2.45, 2.75) is 0 Å². The third-order valence-electron chi connectivity index (χ3n) is 8.08. The molecule has 3 heterocycles. The van der Waals surface area contributed by atoms with Crippen LogP contribution in [-0.2, 0) is 0 Å². The lowest BCUT2D eigenvalue weighted by Gasteiger charge is -2.12. The number of nitrogens with zero attached hydrogens (tertiary/aromatic N) is 4. The number of rotatable bonds is 5. The third kappa shape index (κ3) is 3.55. The van der Waals surface area contributed by atoms with Crippen molar-refractivity contribution in [1.29, 1.82) is 0 Å². The Hall–Kier alpha value is -5.74. The van der Waals surface area contributed by atoms with Gasteiger partial charge in [-0.05, 0) is 71.1 Å². The fourth-order valence-electron chi connectivity index (χ4n) is 6.13. The van der Waals surface area contributed by atoms with Crippen molar-refractivity contribution in [2.75, 3.05) is 0 Å². The molecule has 8 rings (SSSR count). The molecular formula is C38H26N4. The van der Waals surface area contributed by atoms with Gasteiger partial charge in [0.2, 0.25) is 0 Å². The van der Waals surface area contributed by atoms with Crippen LogP contribution in [0.15, 0.2) is 134 Å². The van der Waals surface area contributed by atoms with Gasteiger partial charge >= 0.3 is 0 Å². The lowest BCUT2D eigenvalue weighted by molar-refractivity contribution is 1.05. The van der Waals surface area contributed by atoms with Crippen molar-refractivity contribution >= 4 is 50.5 Å². The molecule has 0 N–H and O–H groups in total. The van der Waals surface area contributed by atoms with Crippen LogP contribution in [-0.4, -0.2) is 18.9 Å². The number of benzene rings is 5. The quantitative estimate of drug-likeness (QED) is 0.205. The van der Waals surface area contributed by atoms with Crippen LogP contribution in [0.4, 0.5) is 0 Å². The van der Waals surface area contributed by atoms with Gasteiger partial charge in [0.25, 0.3) is 0 Å². The van der Waals surface area contributed by atoms with Gasteiger partial charge in [0.05, 0.1) is 27.9 Å². The first-order valence-corrected chi connectivity index (χ1v) is 14.0. The predicted molar refractivity (Wildman–Crippen MR) is 176 cm³/mol. The zero-order chi connectivity index (χ0) is 28.2.